The average molecular weight is 304 g/mol. The molecule has 0 spiro atoms. The lowest BCUT2D eigenvalue weighted by atomic mass is 10.1. The zero-order valence-corrected chi connectivity index (χ0v) is 13.0. The third-order valence-electron chi connectivity index (χ3n) is 4.72. The zero-order valence-electron chi connectivity index (χ0n) is 13.0. The number of hydrogen-bond donors (Lipinski definition) is 2. The van der Waals surface area contributed by atoms with Crippen LogP contribution in [-0.4, -0.2) is 59.2 Å². The Morgan fingerprint density at radius 2 is 2.00 bits per heavy atom. The highest BCUT2D eigenvalue weighted by Gasteiger charge is 2.37. The molecule has 2 fully saturated rings. The second-order valence-electron chi connectivity index (χ2n) is 6.35. The number of aryl methyl sites for hydroxylation is 1. The van der Waals surface area contributed by atoms with E-state index in [-0.39, 0.29) is 17.9 Å². The van der Waals surface area contributed by atoms with Crippen molar-refractivity contribution in [3.05, 3.63) is 23.9 Å². The number of carbonyl (C=O) groups is 1. The van der Waals surface area contributed by atoms with Crippen molar-refractivity contribution < 1.29 is 9.90 Å². The van der Waals surface area contributed by atoms with Gasteiger partial charge in [-0.3, -0.25) is 4.79 Å². The first kappa shape index (κ1) is 15.2. The maximum Gasteiger partial charge on any atom is 0.225 e. The van der Waals surface area contributed by atoms with Crippen molar-refractivity contribution in [3.63, 3.8) is 0 Å². The molecule has 0 radical (unpaired) electrons. The van der Waals surface area contributed by atoms with Gasteiger partial charge < -0.3 is 20.6 Å². The van der Waals surface area contributed by atoms with Crippen molar-refractivity contribution in [2.24, 2.45) is 11.7 Å². The van der Waals surface area contributed by atoms with Gasteiger partial charge in [0.2, 0.25) is 5.91 Å². The average Bonchev–Trinajstić information content (AvgIpc) is 2.86. The van der Waals surface area contributed by atoms with Crippen molar-refractivity contribution in [2.45, 2.75) is 31.9 Å². The van der Waals surface area contributed by atoms with E-state index in [9.17, 15) is 9.90 Å². The monoisotopic (exact) mass is 304 g/mol. The number of nitrogens with two attached hydrogens (primary N) is 1. The van der Waals surface area contributed by atoms with Gasteiger partial charge in [-0.1, -0.05) is 6.07 Å². The van der Waals surface area contributed by atoms with Crippen molar-refractivity contribution in [3.8, 4) is 0 Å². The summed E-state index contributed by atoms with van der Waals surface area (Å²) in [7, 11) is 0. The number of aromatic nitrogens is 1. The molecule has 0 aromatic carbocycles. The Balaban J connectivity index is 1.56. The largest absolute Gasteiger partial charge is 0.391 e. The molecule has 1 aromatic heterocycles. The molecule has 3 atom stereocenters. The minimum Gasteiger partial charge on any atom is -0.391 e. The number of piperazine rings is 1. The Morgan fingerprint density at radius 1 is 1.27 bits per heavy atom. The number of aliphatic hydroxyl groups is 1. The summed E-state index contributed by atoms with van der Waals surface area (Å²) in [6.45, 7) is 4.98. The standard InChI is InChI=1S/C16H24N4O2/c1-11-3-2-4-15(18-11)19-5-7-20(8-6-19)16(22)12-9-13(17)14(21)10-12/h2-4,12-14,21H,5-10,17H2,1H3/t12-,13+,14+/m0/s1. The molecule has 1 saturated heterocycles. The van der Waals surface area contributed by atoms with E-state index in [1.807, 2.05) is 30.0 Å². The molecule has 6 nitrogen and oxygen atoms in total. The number of aliphatic hydroxyl groups excluding tert-OH is 1. The maximum atomic E-state index is 12.5. The summed E-state index contributed by atoms with van der Waals surface area (Å²) in [6.07, 6.45) is 0.561. The third-order valence-corrected chi connectivity index (χ3v) is 4.72. The van der Waals surface area contributed by atoms with E-state index in [0.29, 0.717) is 25.9 Å². The van der Waals surface area contributed by atoms with Crippen molar-refractivity contribution in [2.75, 3.05) is 31.1 Å². The van der Waals surface area contributed by atoms with Gasteiger partial charge in [-0.25, -0.2) is 4.98 Å². The third kappa shape index (κ3) is 3.08. The fourth-order valence-electron chi connectivity index (χ4n) is 3.37. The van der Waals surface area contributed by atoms with E-state index >= 15 is 0 Å². The lowest BCUT2D eigenvalue weighted by Crippen LogP contribution is -2.50. The highest BCUT2D eigenvalue weighted by Crippen LogP contribution is 2.27. The fraction of sp³-hybridized carbons (Fsp3) is 0.625. The lowest BCUT2D eigenvalue weighted by Gasteiger charge is -2.36. The zero-order chi connectivity index (χ0) is 15.7. The van der Waals surface area contributed by atoms with E-state index in [1.165, 1.54) is 0 Å². The highest BCUT2D eigenvalue weighted by molar-refractivity contribution is 5.79. The van der Waals surface area contributed by atoms with Gasteiger partial charge in [0, 0.05) is 43.8 Å². The summed E-state index contributed by atoms with van der Waals surface area (Å²) in [5.74, 6) is 1.00. The number of carbonyl (C=O) groups excluding carboxylic acids is 1. The molecule has 0 bridgehead atoms. The SMILES string of the molecule is Cc1cccc(N2CCN(C(=O)[C@H]3C[C@@H](N)[C@H](O)C3)CC2)n1. The molecule has 2 heterocycles. The van der Waals surface area contributed by atoms with Crippen LogP contribution in [0.15, 0.2) is 18.2 Å². The van der Waals surface area contributed by atoms with Gasteiger partial charge in [-0.15, -0.1) is 0 Å². The molecule has 120 valence electrons. The molecule has 1 saturated carbocycles. The van der Waals surface area contributed by atoms with Gasteiger partial charge in [-0.2, -0.15) is 0 Å². The van der Waals surface area contributed by atoms with Crippen LogP contribution in [0.4, 0.5) is 5.82 Å². The summed E-state index contributed by atoms with van der Waals surface area (Å²) in [5.41, 5.74) is 6.82. The Bertz CT molecular complexity index is 533. The first-order chi connectivity index (χ1) is 10.5. The summed E-state index contributed by atoms with van der Waals surface area (Å²) in [4.78, 5) is 21.2. The molecule has 3 rings (SSSR count). The number of rotatable bonds is 2. The van der Waals surface area contributed by atoms with Gasteiger partial charge >= 0.3 is 0 Å². The number of anilines is 1. The van der Waals surface area contributed by atoms with Crippen LogP contribution in [-0.2, 0) is 4.79 Å². The van der Waals surface area contributed by atoms with Gasteiger partial charge in [0.25, 0.3) is 0 Å². The summed E-state index contributed by atoms with van der Waals surface area (Å²) < 4.78 is 0. The van der Waals surface area contributed by atoms with Crippen LogP contribution in [0, 0.1) is 12.8 Å². The minimum atomic E-state index is -0.535. The number of pyridine rings is 1. The molecule has 6 heteroatoms. The molecule has 1 amide bonds. The quantitative estimate of drug-likeness (QED) is 0.812. The predicted molar refractivity (Wildman–Crippen MR) is 84.5 cm³/mol. The van der Waals surface area contributed by atoms with E-state index in [0.717, 1.165) is 24.6 Å². The number of nitrogens with zero attached hydrogens (tertiary/aromatic N) is 3. The molecule has 1 aliphatic heterocycles. The van der Waals surface area contributed by atoms with E-state index in [1.54, 1.807) is 0 Å². The first-order valence-electron chi connectivity index (χ1n) is 7.95. The molecule has 3 N–H and O–H groups in total. The second kappa shape index (κ2) is 6.22. The Kier molecular flexibility index (Phi) is 4.31. The molecule has 2 aliphatic rings. The van der Waals surface area contributed by atoms with Crippen LogP contribution in [0.5, 0.6) is 0 Å². The van der Waals surface area contributed by atoms with Gasteiger partial charge in [0.15, 0.2) is 0 Å². The van der Waals surface area contributed by atoms with Crippen LogP contribution in [0.25, 0.3) is 0 Å². The Morgan fingerprint density at radius 3 is 2.59 bits per heavy atom. The van der Waals surface area contributed by atoms with Crippen LogP contribution in [0.2, 0.25) is 0 Å². The highest BCUT2D eigenvalue weighted by atomic mass is 16.3. The van der Waals surface area contributed by atoms with Gasteiger partial charge in [-0.05, 0) is 31.9 Å². The van der Waals surface area contributed by atoms with Crippen molar-refractivity contribution in [1.29, 1.82) is 0 Å². The predicted octanol–water partition coefficient (Wildman–Crippen LogP) is 0.137. The van der Waals surface area contributed by atoms with Gasteiger partial charge in [0.1, 0.15) is 5.82 Å². The van der Waals surface area contributed by atoms with Crippen molar-refractivity contribution in [1.82, 2.24) is 9.88 Å². The summed E-state index contributed by atoms with van der Waals surface area (Å²) >= 11 is 0. The summed E-state index contributed by atoms with van der Waals surface area (Å²) in [6, 6.07) is 5.75. The maximum absolute atomic E-state index is 12.5. The van der Waals surface area contributed by atoms with Crippen LogP contribution < -0.4 is 10.6 Å². The number of amides is 1. The van der Waals surface area contributed by atoms with E-state index in [2.05, 4.69) is 9.88 Å². The molecule has 0 unspecified atom stereocenters. The molecule has 1 aromatic rings. The van der Waals surface area contributed by atoms with E-state index in [4.69, 9.17) is 5.73 Å². The lowest BCUT2D eigenvalue weighted by molar-refractivity contribution is -0.135. The molecule has 22 heavy (non-hydrogen) atoms. The van der Waals surface area contributed by atoms with Crippen molar-refractivity contribution >= 4 is 11.7 Å². The molecular formula is C16H24N4O2. The second-order valence-corrected chi connectivity index (χ2v) is 6.35. The smallest absolute Gasteiger partial charge is 0.225 e. The van der Waals surface area contributed by atoms with Gasteiger partial charge in [0.05, 0.1) is 6.10 Å². The fourth-order valence-corrected chi connectivity index (χ4v) is 3.37. The summed E-state index contributed by atoms with van der Waals surface area (Å²) in [5, 5.41) is 9.72. The minimum absolute atomic E-state index is 0.117. The Labute approximate surface area is 130 Å². The molecular weight excluding hydrogens is 280 g/mol. The first-order valence-corrected chi connectivity index (χ1v) is 7.95. The molecule has 1 aliphatic carbocycles. The van der Waals surface area contributed by atoms with Crippen LogP contribution >= 0.6 is 0 Å². The topological polar surface area (TPSA) is 82.7 Å². The number of hydrogen-bond acceptors (Lipinski definition) is 5. The van der Waals surface area contributed by atoms with E-state index < -0.39 is 6.10 Å². The van der Waals surface area contributed by atoms with Crippen LogP contribution in [0.1, 0.15) is 18.5 Å². The normalized spacial score (nSPS) is 29.0. The Hall–Kier alpha value is -1.66. The van der Waals surface area contributed by atoms with Crippen LogP contribution in [0.3, 0.4) is 0 Å².